The molecule has 2 heterocycles. The number of piperidine rings is 1. The molecule has 3 rings (SSSR count). The summed E-state index contributed by atoms with van der Waals surface area (Å²) in [4.78, 5) is 9.33. The van der Waals surface area contributed by atoms with Crippen LogP contribution in [0.4, 0.5) is 0 Å². The van der Waals surface area contributed by atoms with Gasteiger partial charge < -0.3 is 4.74 Å². The van der Waals surface area contributed by atoms with E-state index >= 15 is 0 Å². The van der Waals surface area contributed by atoms with E-state index in [4.69, 9.17) is 4.74 Å². The number of aryl methyl sites for hydroxylation is 2. The molecule has 7 heteroatoms. The van der Waals surface area contributed by atoms with Gasteiger partial charge in [0, 0.05) is 37.9 Å². The summed E-state index contributed by atoms with van der Waals surface area (Å²) < 4.78 is 33.1. The van der Waals surface area contributed by atoms with Crippen LogP contribution >= 0.6 is 0 Å². The average Bonchev–Trinajstić information content (AvgIpc) is 2.69. The molecule has 1 aliphatic heterocycles. The lowest BCUT2D eigenvalue weighted by atomic mass is 9.92. The van der Waals surface area contributed by atoms with E-state index in [0.29, 0.717) is 31.0 Å². The van der Waals surface area contributed by atoms with Crippen molar-refractivity contribution in [1.82, 2.24) is 14.3 Å². The highest BCUT2D eigenvalue weighted by molar-refractivity contribution is 7.89. The number of sulfonamides is 1. The Hall–Kier alpha value is -1.83. The third-order valence-corrected chi connectivity index (χ3v) is 7.13. The summed E-state index contributed by atoms with van der Waals surface area (Å²) in [7, 11) is -1.81. The Balaban J connectivity index is 1.79. The molecule has 0 unspecified atom stereocenters. The summed E-state index contributed by atoms with van der Waals surface area (Å²) in [5, 5.41) is 0. The van der Waals surface area contributed by atoms with Gasteiger partial charge in [0.05, 0.1) is 17.2 Å². The van der Waals surface area contributed by atoms with Crippen LogP contribution in [0, 0.1) is 6.92 Å². The highest BCUT2D eigenvalue weighted by Gasteiger charge is 2.32. The fourth-order valence-electron chi connectivity index (χ4n) is 3.69. The second-order valence-corrected chi connectivity index (χ2v) is 8.81. The maximum Gasteiger partial charge on any atom is 0.243 e. The molecule has 0 saturated carbocycles. The minimum absolute atomic E-state index is 0.227. The van der Waals surface area contributed by atoms with Crippen LogP contribution in [0.5, 0.6) is 0 Å². The Morgan fingerprint density at radius 2 is 1.89 bits per heavy atom. The summed E-state index contributed by atoms with van der Waals surface area (Å²) >= 11 is 0. The third-order valence-electron chi connectivity index (χ3n) is 5.13. The van der Waals surface area contributed by atoms with Gasteiger partial charge in [-0.25, -0.2) is 18.4 Å². The number of aromatic nitrogens is 2. The molecule has 6 nitrogen and oxygen atoms in total. The van der Waals surface area contributed by atoms with Crippen molar-refractivity contribution in [2.45, 2.75) is 50.5 Å². The second-order valence-electron chi connectivity index (χ2n) is 6.90. The van der Waals surface area contributed by atoms with Crippen LogP contribution in [0.15, 0.2) is 35.4 Å². The number of hydrogen-bond donors (Lipinski definition) is 0. The normalized spacial score (nSPS) is 16.6. The number of rotatable bonds is 6. The molecule has 27 heavy (non-hydrogen) atoms. The summed E-state index contributed by atoms with van der Waals surface area (Å²) in [6.45, 7) is 5.33. The van der Waals surface area contributed by atoms with E-state index < -0.39 is 10.0 Å². The molecule has 0 atom stereocenters. The van der Waals surface area contributed by atoms with Crippen LogP contribution in [0.1, 0.15) is 48.3 Å². The van der Waals surface area contributed by atoms with Gasteiger partial charge in [-0.1, -0.05) is 25.1 Å². The smallest absolute Gasteiger partial charge is 0.243 e. The van der Waals surface area contributed by atoms with Crippen LogP contribution < -0.4 is 0 Å². The zero-order chi connectivity index (χ0) is 19.4. The van der Waals surface area contributed by atoms with Crippen LogP contribution in [0.25, 0.3) is 0 Å². The molecular formula is C20H27N3O3S. The number of hydrogen-bond acceptors (Lipinski definition) is 5. The van der Waals surface area contributed by atoms with E-state index in [1.54, 1.807) is 23.5 Å². The number of ether oxygens (including phenoxy) is 1. The van der Waals surface area contributed by atoms with E-state index in [9.17, 15) is 8.42 Å². The minimum atomic E-state index is -3.46. The maximum atomic E-state index is 13.1. The lowest BCUT2D eigenvalue weighted by Gasteiger charge is -2.32. The molecule has 0 radical (unpaired) electrons. The van der Waals surface area contributed by atoms with Crippen molar-refractivity contribution in [2.75, 3.05) is 20.2 Å². The van der Waals surface area contributed by atoms with Crippen LogP contribution in [-0.4, -0.2) is 42.9 Å². The Bertz CT molecular complexity index is 891. The quantitative estimate of drug-likeness (QED) is 0.759. The van der Waals surface area contributed by atoms with Gasteiger partial charge in [-0.05, 0) is 37.8 Å². The van der Waals surface area contributed by atoms with Gasteiger partial charge in [0.15, 0.2) is 0 Å². The van der Waals surface area contributed by atoms with Gasteiger partial charge in [0.2, 0.25) is 10.0 Å². The van der Waals surface area contributed by atoms with E-state index in [2.05, 4.69) is 9.97 Å². The molecule has 1 saturated heterocycles. The van der Waals surface area contributed by atoms with Crippen molar-refractivity contribution in [3.05, 3.63) is 53.1 Å². The lowest BCUT2D eigenvalue weighted by molar-refractivity contribution is 0.182. The highest BCUT2D eigenvalue weighted by atomic mass is 32.2. The number of nitrogens with zero attached hydrogens (tertiary/aromatic N) is 3. The van der Waals surface area contributed by atoms with Crippen molar-refractivity contribution in [2.24, 2.45) is 0 Å². The van der Waals surface area contributed by atoms with Crippen LogP contribution in [-0.2, 0) is 27.8 Å². The maximum absolute atomic E-state index is 13.1. The zero-order valence-corrected chi connectivity index (χ0v) is 17.0. The highest BCUT2D eigenvalue weighted by Crippen LogP contribution is 2.32. The topological polar surface area (TPSA) is 72.4 Å². The molecule has 0 bridgehead atoms. The Labute approximate surface area is 161 Å². The predicted molar refractivity (Wildman–Crippen MR) is 104 cm³/mol. The fraction of sp³-hybridized carbons (Fsp3) is 0.500. The van der Waals surface area contributed by atoms with Gasteiger partial charge in [0.25, 0.3) is 0 Å². The number of benzene rings is 1. The molecule has 0 N–H and O–H groups in total. The summed E-state index contributed by atoms with van der Waals surface area (Å²) in [6.07, 6.45) is 4.02. The third kappa shape index (κ3) is 4.20. The van der Waals surface area contributed by atoms with E-state index in [0.717, 1.165) is 35.5 Å². The van der Waals surface area contributed by atoms with E-state index in [1.807, 2.05) is 32.2 Å². The first-order chi connectivity index (χ1) is 13.0. The molecule has 1 aromatic carbocycles. The first kappa shape index (κ1) is 19.9. The molecule has 1 fully saturated rings. The molecule has 1 aromatic heterocycles. The number of methoxy groups -OCH3 is 1. The van der Waals surface area contributed by atoms with Crippen molar-refractivity contribution >= 4 is 10.0 Å². The van der Waals surface area contributed by atoms with Gasteiger partial charge >= 0.3 is 0 Å². The standard InChI is InChI=1S/C20H27N3O3S/c1-4-16-7-5-6-8-19(16)27(24,25)23-11-9-17(10-12-23)20-18(14-26-3)13-21-15(2)22-20/h5-8,13,17H,4,9-12,14H2,1-3H3. The van der Waals surface area contributed by atoms with Gasteiger partial charge in [0.1, 0.15) is 5.82 Å². The Morgan fingerprint density at radius 1 is 1.19 bits per heavy atom. The summed E-state index contributed by atoms with van der Waals surface area (Å²) in [5.41, 5.74) is 2.85. The SMILES string of the molecule is CCc1ccccc1S(=O)(=O)N1CCC(c2nc(C)ncc2COC)CC1. The fourth-order valence-corrected chi connectivity index (χ4v) is 5.45. The summed E-state index contributed by atoms with van der Waals surface area (Å²) in [6, 6.07) is 7.28. The summed E-state index contributed by atoms with van der Waals surface area (Å²) in [5.74, 6) is 0.960. The van der Waals surface area contributed by atoms with Crippen molar-refractivity contribution in [3.63, 3.8) is 0 Å². The first-order valence-electron chi connectivity index (χ1n) is 9.36. The van der Waals surface area contributed by atoms with E-state index in [1.165, 1.54) is 0 Å². The first-order valence-corrected chi connectivity index (χ1v) is 10.8. The molecule has 146 valence electrons. The molecule has 0 aliphatic carbocycles. The monoisotopic (exact) mass is 389 g/mol. The zero-order valence-electron chi connectivity index (χ0n) is 16.2. The Kier molecular flexibility index (Phi) is 6.24. The average molecular weight is 390 g/mol. The van der Waals surface area contributed by atoms with Crippen molar-refractivity contribution < 1.29 is 13.2 Å². The lowest BCUT2D eigenvalue weighted by Crippen LogP contribution is -2.38. The van der Waals surface area contributed by atoms with Gasteiger partial charge in [-0.3, -0.25) is 0 Å². The second kappa shape index (κ2) is 8.46. The molecule has 1 aliphatic rings. The molecular weight excluding hydrogens is 362 g/mol. The molecule has 0 amide bonds. The molecule has 0 spiro atoms. The Morgan fingerprint density at radius 3 is 2.56 bits per heavy atom. The van der Waals surface area contributed by atoms with Crippen LogP contribution in [0.2, 0.25) is 0 Å². The van der Waals surface area contributed by atoms with Gasteiger partial charge in [-0.15, -0.1) is 0 Å². The van der Waals surface area contributed by atoms with E-state index in [-0.39, 0.29) is 5.92 Å². The minimum Gasteiger partial charge on any atom is -0.380 e. The predicted octanol–water partition coefficient (Wildman–Crippen LogP) is 3.06. The van der Waals surface area contributed by atoms with Gasteiger partial charge in [-0.2, -0.15) is 4.31 Å². The largest absolute Gasteiger partial charge is 0.380 e. The molecule has 2 aromatic rings. The van der Waals surface area contributed by atoms with Crippen molar-refractivity contribution in [1.29, 1.82) is 0 Å². The van der Waals surface area contributed by atoms with Crippen LogP contribution in [0.3, 0.4) is 0 Å². The van der Waals surface area contributed by atoms with Crippen molar-refractivity contribution in [3.8, 4) is 0 Å².